The van der Waals surface area contributed by atoms with Crippen molar-refractivity contribution in [3.05, 3.63) is 12.2 Å². The second-order valence-corrected chi connectivity index (χ2v) is 7.65. The van der Waals surface area contributed by atoms with Gasteiger partial charge in [0.1, 0.15) is 12.7 Å². The molecule has 0 saturated heterocycles. The molecule has 24 heavy (non-hydrogen) atoms. The maximum absolute atomic E-state index is 12.6. The zero-order valence-corrected chi connectivity index (χ0v) is 13.5. The first-order valence-electron chi connectivity index (χ1n) is 8.21. The van der Waals surface area contributed by atoms with E-state index < -0.39 is 29.6 Å². The molecule has 4 nitrogen and oxygen atoms in total. The van der Waals surface area contributed by atoms with Crippen LogP contribution in [0.5, 0.6) is 0 Å². The molecule has 0 radical (unpaired) electrons. The molecule has 0 amide bonds. The van der Waals surface area contributed by atoms with Crippen molar-refractivity contribution in [3.63, 3.8) is 0 Å². The highest BCUT2D eigenvalue weighted by molar-refractivity contribution is 5.86. The number of rotatable bonds is 4. The Bertz CT molecular complexity index is 555. The Morgan fingerprint density at radius 2 is 1.75 bits per heavy atom. The summed E-state index contributed by atoms with van der Waals surface area (Å²) in [5, 5.41) is 0. The van der Waals surface area contributed by atoms with Crippen LogP contribution in [-0.4, -0.2) is 30.8 Å². The van der Waals surface area contributed by atoms with Crippen LogP contribution in [0.4, 0.5) is 13.2 Å². The molecule has 0 aliphatic heterocycles. The summed E-state index contributed by atoms with van der Waals surface area (Å²) < 4.78 is 48.1. The van der Waals surface area contributed by atoms with E-state index in [2.05, 4.69) is 6.58 Å². The fourth-order valence-electron chi connectivity index (χ4n) is 5.10. The van der Waals surface area contributed by atoms with Crippen molar-refractivity contribution >= 4 is 11.9 Å². The van der Waals surface area contributed by atoms with Gasteiger partial charge in [-0.25, -0.2) is 9.59 Å². The summed E-state index contributed by atoms with van der Waals surface area (Å²) in [5.74, 6) is -1.97. The average Bonchev–Trinajstić information content (AvgIpc) is 2.46. The molecule has 4 rings (SSSR count). The van der Waals surface area contributed by atoms with Gasteiger partial charge in [0.15, 0.2) is 0 Å². The molecule has 0 aromatic rings. The van der Waals surface area contributed by atoms with Gasteiger partial charge in [-0.3, -0.25) is 0 Å². The molecule has 134 valence electrons. The summed E-state index contributed by atoms with van der Waals surface area (Å²) in [6.45, 7) is 5.01. The molecule has 0 spiro atoms. The lowest BCUT2D eigenvalue weighted by atomic mass is 9.48. The van der Waals surface area contributed by atoms with Crippen LogP contribution in [0.3, 0.4) is 0 Å². The Kier molecular flexibility index (Phi) is 4.16. The van der Waals surface area contributed by atoms with Crippen LogP contribution in [0.1, 0.15) is 39.0 Å². The van der Waals surface area contributed by atoms with E-state index in [9.17, 15) is 22.8 Å². The number of hydrogen-bond acceptors (Lipinski definition) is 4. The normalized spacial score (nSPS) is 37.2. The molecule has 0 aromatic carbocycles. The number of halogens is 3. The smallest absolute Gasteiger partial charge is 0.462 e. The SMILES string of the molecule is C=C(C)C(=O)OCC12CC3CC(CC(C3)C1OC(=O)C(F)(F)F)C2. The van der Waals surface area contributed by atoms with E-state index in [1.54, 1.807) is 0 Å². The third-order valence-electron chi connectivity index (χ3n) is 5.67. The molecule has 4 fully saturated rings. The van der Waals surface area contributed by atoms with Crippen molar-refractivity contribution in [3.8, 4) is 0 Å². The van der Waals surface area contributed by atoms with Crippen molar-refractivity contribution in [2.24, 2.45) is 23.2 Å². The maximum Gasteiger partial charge on any atom is 0.490 e. The molecule has 4 bridgehead atoms. The lowest BCUT2D eigenvalue weighted by Crippen LogP contribution is -2.59. The van der Waals surface area contributed by atoms with E-state index in [-0.39, 0.29) is 18.1 Å². The lowest BCUT2D eigenvalue weighted by Gasteiger charge is -2.59. The minimum Gasteiger partial charge on any atom is -0.462 e. The van der Waals surface area contributed by atoms with Gasteiger partial charge in [-0.2, -0.15) is 13.2 Å². The highest BCUT2D eigenvalue weighted by Crippen LogP contribution is 2.61. The Morgan fingerprint density at radius 3 is 2.25 bits per heavy atom. The summed E-state index contributed by atoms with van der Waals surface area (Å²) in [6.07, 6.45) is -1.95. The van der Waals surface area contributed by atoms with Gasteiger partial charge in [-0.05, 0) is 56.8 Å². The van der Waals surface area contributed by atoms with E-state index in [1.165, 1.54) is 6.92 Å². The van der Waals surface area contributed by atoms with E-state index in [1.807, 2.05) is 0 Å². The molecule has 4 saturated carbocycles. The van der Waals surface area contributed by atoms with E-state index in [4.69, 9.17) is 9.47 Å². The van der Waals surface area contributed by atoms with Crippen molar-refractivity contribution in [1.29, 1.82) is 0 Å². The number of ether oxygens (including phenoxy) is 2. The number of hydrogen-bond donors (Lipinski definition) is 0. The minimum absolute atomic E-state index is 0.0159. The zero-order chi connectivity index (χ0) is 17.7. The number of carbonyl (C=O) groups is 2. The molecule has 0 aromatic heterocycles. The highest BCUT2D eigenvalue weighted by atomic mass is 19.4. The quantitative estimate of drug-likeness (QED) is 0.578. The largest absolute Gasteiger partial charge is 0.490 e. The third-order valence-corrected chi connectivity index (χ3v) is 5.67. The fraction of sp³-hybridized carbons (Fsp3) is 0.765. The average molecular weight is 346 g/mol. The van der Waals surface area contributed by atoms with Crippen molar-refractivity contribution < 1.29 is 32.2 Å². The predicted octanol–water partition coefficient (Wildman–Crippen LogP) is 3.41. The van der Waals surface area contributed by atoms with Crippen LogP contribution in [0.2, 0.25) is 0 Å². The summed E-state index contributed by atoms with van der Waals surface area (Å²) in [5.41, 5.74) is -0.454. The van der Waals surface area contributed by atoms with Gasteiger partial charge in [-0.1, -0.05) is 6.58 Å². The first-order valence-corrected chi connectivity index (χ1v) is 8.21. The van der Waals surface area contributed by atoms with E-state index >= 15 is 0 Å². The van der Waals surface area contributed by atoms with Crippen LogP contribution in [-0.2, 0) is 19.1 Å². The topological polar surface area (TPSA) is 52.6 Å². The van der Waals surface area contributed by atoms with Crippen molar-refractivity contribution in [2.75, 3.05) is 6.61 Å². The Balaban J connectivity index is 1.80. The first kappa shape index (κ1) is 17.3. The maximum atomic E-state index is 12.6. The van der Waals surface area contributed by atoms with E-state index in [0.29, 0.717) is 24.7 Å². The highest BCUT2D eigenvalue weighted by Gasteiger charge is 2.60. The Labute approximate surface area is 138 Å². The lowest BCUT2D eigenvalue weighted by molar-refractivity contribution is -0.237. The standard InChI is InChI=1S/C17H21F3O4/c1-9(2)14(21)23-8-16-6-10-3-11(7-16)5-12(4-10)13(16)24-15(22)17(18,19)20/h10-13H,1,3-8H2,2H3. The van der Waals surface area contributed by atoms with Gasteiger partial charge in [0, 0.05) is 11.0 Å². The molecule has 3 unspecified atom stereocenters. The number of alkyl halides is 3. The molecule has 4 aliphatic carbocycles. The first-order chi connectivity index (χ1) is 11.1. The van der Waals surface area contributed by atoms with Gasteiger partial charge >= 0.3 is 18.1 Å². The predicted molar refractivity (Wildman–Crippen MR) is 77.7 cm³/mol. The molecule has 0 N–H and O–H groups in total. The minimum atomic E-state index is -5.01. The van der Waals surface area contributed by atoms with Crippen LogP contribution < -0.4 is 0 Å². The monoisotopic (exact) mass is 346 g/mol. The molecule has 7 heteroatoms. The summed E-state index contributed by atoms with van der Waals surface area (Å²) in [4.78, 5) is 23.1. The summed E-state index contributed by atoms with van der Waals surface area (Å²) in [6, 6.07) is 0. The fourth-order valence-corrected chi connectivity index (χ4v) is 5.10. The van der Waals surface area contributed by atoms with Gasteiger partial charge in [0.25, 0.3) is 0 Å². The molecular formula is C17H21F3O4. The van der Waals surface area contributed by atoms with Gasteiger partial charge in [0.05, 0.1) is 0 Å². The number of carbonyl (C=O) groups excluding carboxylic acids is 2. The Morgan fingerprint density at radius 1 is 1.17 bits per heavy atom. The van der Waals surface area contributed by atoms with Gasteiger partial charge < -0.3 is 9.47 Å². The van der Waals surface area contributed by atoms with Crippen LogP contribution in [0.15, 0.2) is 12.2 Å². The summed E-state index contributed by atoms with van der Waals surface area (Å²) in [7, 11) is 0. The number of esters is 2. The van der Waals surface area contributed by atoms with Crippen molar-refractivity contribution in [2.45, 2.75) is 51.3 Å². The van der Waals surface area contributed by atoms with Crippen LogP contribution in [0, 0.1) is 23.2 Å². The van der Waals surface area contributed by atoms with Gasteiger partial charge in [-0.15, -0.1) is 0 Å². The Hall–Kier alpha value is -1.53. The molecule has 0 heterocycles. The van der Waals surface area contributed by atoms with Gasteiger partial charge in [0.2, 0.25) is 0 Å². The van der Waals surface area contributed by atoms with Crippen molar-refractivity contribution in [1.82, 2.24) is 0 Å². The second-order valence-electron chi connectivity index (χ2n) is 7.65. The summed E-state index contributed by atoms with van der Waals surface area (Å²) >= 11 is 0. The van der Waals surface area contributed by atoms with Crippen LogP contribution >= 0.6 is 0 Å². The van der Waals surface area contributed by atoms with Crippen LogP contribution in [0.25, 0.3) is 0 Å². The zero-order valence-electron chi connectivity index (χ0n) is 13.5. The molecule has 3 atom stereocenters. The molecule has 4 aliphatic rings. The second kappa shape index (κ2) is 5.77. The molecular weight excluding hydrogens is 325 g/mol. The third kappa shape index (κ3) is 3.05. The van der Waals surface area contributed by atoms with E-state index in [0.717, 1.165) is 19.3 Å².